The molecule has 1 N–H and O–H groups in total. The third kappa shape index (κ3) is 5.47. The summed E-state index contributed by atoms with van der Waals surface area (Å²) in [5.74, 6) is 0. The molecule has 47 valence electrons. The van der Waals surface area contributed by atoms with Crippen molar-refractivity contribution in [2.75, 3.05) is 0 Å². The van der Waals surface area contributed by atoms with Gasteiger partial charge in [0.25, 0.3) is 0 Å². The highest BCUT2D eigenvalue weighted by atomic mass is 16.4. The van der Waals surface area contributed by atoms with E-state index in [9.17, 15) is 0 Å². The van der Waals surface area contributed by atoms with Gasteiger partial charge >= 0.3 is 0 Å². The minimum atomic E-state index is 0.867. The molecule has 0 saturated carbocycles. The molecule has 0 heterocycles. The van der Waals surface area contributed by atoms with Crippen LogP contribution < -0.4 is 0 Å². The van der Waals surface area contributed by atoms with Crippen molar-refractivity contribution in [2.45, 2.75) is 25.7 Å². The van der Waals surface area contributed by atoms with Crippen molar-refractivity contribution in [2.24, 2.45) is 5.16 Å². The van der Waals surface area contributed by atoms with Crippen LogP contribution in [-0.4, -0.2) is 11.4 Å². The van der Waals surface area contributed by atoms with Gasteiger partial charge < -0.3 is 5.21 Å². The van der Waals surface area contributed by atoms with Crippen molar-refractivity contribution in [1.82, 2.24) is 0 Å². The van der Waals surface area contributed by atoms with Crippen molar-refractivity contribution in [3.63, 3.8) is 0 Å². The van der Waals surface area contributed by atoms with Gasteiger partial charge in [-0.2, -0.15) is 0 Å². The van der Waals surface area contributed by atoms with E-state index in [1.165, 1.54) is 6.21 Å². The van der Waals surface area contributed by atoms with Crippen molar-refractivity contribution >= 4 is 6.21 Å². The molecule has 0 aliphatic rings. The second-order valence-electron chi connectivity index (χ2n) is 1.65. The number of hydrogen-bond acceptors (Lipinski definition) is 2. The van der Waals surface area contributed by atoms with Gasteiger partial charge in [0.05, 0.1) is 0 Å². The van der Waals surface area contributed by atoms with E-state index in [1.807, 2.05) is 0 Å². The lowest BCUT2D eigenvalue weighted by atomic mass is 10.2. The first-order chi connectivity index (χ1) is 3.91. The monoisotopic (exact) mass is 114 g/mol. The van der Waals surface area contributed by atoms with Gasteiger partial charge in [-0.05, 0) is 12.8 Å². The molecule has 0 unspecified atom stereocenters. The zero-order chi connectivity index (χ0) is 6.24. The minimum absolute atomic E-state index is 0.867. The summed E-state index contributed by atoms with van der Waals surface area (Å²) in [4.78, 5) is 0. The maximum Gasteiger partial charge on any atom is 0.0435 e. The second-order valence-corrected chi connectivity index (χ2v) is 1.65. The van der Waals surface area contributed by atoms with Crippen LogP contribution in [0.3, 0.4) is 0 Å². The Bertz CT molecular complexity index is 61.5. The van der Waals surface area contributed by atoms with Gasteiger partial charge in [-0.1, -0.05) is 19.8 Å². The van der Waals surface area contributed by atoms with E-state index in [0.29, 0.717) is 0 Å². The average molecular weight is 114 g/mol. The van der Waals surface area contributed by atoms with E-state index in [4.69, 9.17) is 5.21 Å². The molecule has 0 bridgehead atoms. The molecule has 0 atom stereocenters. The zero-order valence-electron chi connectivity index (χ0n) is 5.01. The van der Waals surface area contributed by atoms with Crippen LogP contribution in [0.1, 0.15) is 25.7 Å². The Morgan fingerprint density at radius 3 is 2.75 bits per heavy atom. The number of oxime groups is 1. The number of rotatable bonds is 4. The Kier molecular flexibility index (Phi) is 6.04. The molecule has 8 heavy (non-hydrogen) atoms. The molecular formula is C6H12NO. The van der Waals surface area contributed by atoms with E-state index >= 15 is 0 Å². The molecule has 0 rings (SSSR count). The van der Waals surface area contributed by atoms with E-state index < -0.39 is 0 Å². The fraction of sp³-hybridized carbons (Fsp3) is 0.667. The van der Waals surface area contributed by atoms with Crippen LogP contribution in [0.25, 0.3) is 0 Å². The van der Waals surface area contributed by atoms with Gasteiger partial charge in [0.2, 0.25) is 0 Å². The molecule has 0 amide bonds. The van der Waals surface area contributed by atoms with Gasteiger partial charge in [-0.25, -0.2) is 0 Å². The molecule has 0 fully saturated rings. The molecule has 0 aromatic rings. The normalized spacial score (nSPS) is 10.6. The predicted molar refractivity (Wildman–Crippen MR) is 34.1 cm³/mol. The van der Waals surface area contributed by atoms with E-state index in [0.717, 1.165) is 25.7 Å². The molecule has 0 aromatic carbocycles. The van der Waals surface area contributed by atoms with Gasteiger partial charge in [0.1, 0.15) is 0 Å². The highest BCUT2D eigenvalue weighted by Crippen LogP contribution is 1.94. The third-order valence-electron chi connectivity index (χ3n) is 0.915. The fourth-order valence-corrected chi connectivity index (χ4v) is 0.470. The maximum absolute atomic E-state index is 7.92. The average Bonchev–Trinajstić information content (AvgIpc) is 1.81. The predicted octanol–water partition coefficient (Wildman–Crippen LogP) is 1.84. The first kappa shape index (κ1) is 7.47. The van der Waals surface area contributed by atoms with E-state index in [2.05, 4.69) is 12.1 Å². The Morgan fingerprint density at radius 2 is 2.25 bits per heavy atom. The molecule has 0 aliphatic heterocycles. The van der Waals surface area contributed by atoms with E-state index in [1.54, 1.807) is 0 Å². The molecule has 0 aromatic heterocycles. The van der Waals surface area contributed by atoms with Crippen LogP contribution in [0.4, 0.5) is 0 Å². The lowest BCUT2D eigenvalue weighted by Gasteiger charge is -1.87. The van der Waals surface area contributed by atoms with Crippen LogP contribution in [0.2, 0.25) is 0 Å². The van der Waals surface area contributed by atoms with Crippen molar-refractivity contribution in [3.05, 3.63) is 6.92 Å². The summed E-state index contributed by atoms with van der Waals surface area (Å²) in [6.45, 7) is 3.68. The summed E-state index contributed by atoms with van der Waals surface area (Å²) in [5, 5.41) is 10.8. The fourth-order valence-electron chi connectivity index (χ4n) is 0.470. The first-order valence-electron chi connectivity index (χ1n) is 2.87. The molecule has 2 heteroatoms. The molecule has 0 spiro atoms. The van der Waals surface area contributed by atoms with Gasteiger partial charge in [0.15, 0.2) is 0 Å². The highest BCUT2D eigenvalue weighted by molar-refractivity contribution is 5.55. The molecular weight excluding hydrogens is 102 g/mol. The maximum atomic E-state index is 7.92. The summed E-state index contributed by atoms with van der Waals surface area (Å²) in [6, 6.07) is 0. The lowest BCUT2D eigenvalue weighted by molar-refractivity contribution is 0.320. The third-order valence-corrected chi connectivity index (χ3v) is 0.915. The summed E-state index contributed by atoms with van der Waals surface area (Å²) in [7, 11) is 0. The summed E-state index contributed by atoms with van der Waals surface area (Å²) >= 11 is 0. The zero-order valence-corrected chi connectivity index (χ0v) is 5.01. The van der Waals surface area contributed by atoms with Gasteiger partial charge in [-0.15, -0.1) is 5.16 Å². The molecule has 2 nitrogen and oxygen atoms in total. The summed E-state index contributed by atoms with van der Waals surface area (Å²) in [6.07, 6.45) is 5.54. The SMILES string of the molecule is [CH2]CCCCC=NO. The number of unbranched alkanes of at least 4 members (excludes halogenated alkanes) is 3. The topological polar surface area (TPSA) is 32.6 Å². The summed E-state index contributed by atoms with van der Waals surface area (Å²) < 4.78 is 0. The number of nitrogens with zero attached hydrogens (tertiary/aromatic N) is 1. The van der Waals surface area contributed by atoms with Crippen LogP contribution in [-0.2, 0) is 0 Å². The van der Waals surface area contributed by atoms with Gasteiger partial charge in [-0.3, -0.25) is 0 Å². The molecule has 0 aliphatic carbocycles. The summed E-state index contributed by atoms with van der Waals surface area (Å²) in [5.41, 5.74) is 0. The van der Waals surface area contributed by atoms with Crippen LogP contribution in [0.15, 0.2) is 5.16 Å². The molecule has 0 saturated heterocycles. The smallest absolute Gasteiger partial charge is 0.0435 e. The minimum Gasteiger partial charge on any atom is -0.411 e. The quantitative estimate of drug-likeness (QED) is 0.257. The Balaban J connectivity index is 2.72. The van der Waals surface area contributed by atoms with Crippen LogP contribution in [0.5, 0.6) is 0 Å². The second kappa shape index (κ2) is 6.47. The van der Waals surface area contributed by atoms with E-state index in [-0.39, 0.29) is 0 Å². The standard InChI is InChI=1S/C6H12NO/c1-2-3-4-5-6-7-8/h6,8H,1-5H2. The van der Waals surface area contributed by atoms with Crippen LogP contribution in [0, 0.1) is 6.92 Å². The number of hydrogen-bond donors (Lipinski definition) is 1. The van der Waals surface area contributed by atoms with Crippen molar-refractivity contribution < 1.29 is 5.21 Å². The molecule has 1 radical (unpaired) electrons. The van der Waals surface area contributed by atoms with Crippen molar-refractivity contribution in [1.29, 1.82) is 0 Å². The van der Waals surface area contributed by atoms with Crippen molar-refractivity contribution in [3.8, 4) is 0 Å². The van der Waals surface area contributed by atoms with Crippen LogP contribution >= 0.6 is 0 Å². The largest absolute Gasteiger partial charge is 0.411 e. The van der Waals surface area contributed by atoms with Gasteiger partial charge in [0, 0.05) is 6.21 Å². The Hall–Kier alpha value is -0.530. The first-order valence-corrected chi connectivity index (χ1v) is 2.87. The Labute approximate surface area is 50.2 Å². The highest BCUT2D eigenvalue weighted by Gasteiger charge is 1.80. The lowest BCUT2D eigenvalue weighted by Crippen LogP contribution is -1.75. The Morgan fingerprint density at radius 1 is 1.50 bits per heavy atom.